The molecular formula is C76H132N20O26. The third kappa shape index (κ3) is 39.7. The number of carboxylic acid groups (broad SMARTS) is 4. The van der Waals surface area contributed by atoms with Gasteiger partial charge in [0, 0.05) is 32.4 Å². The summed E-state index contributed by atoms with van der Waals surface area (Å²) >= 11 is 0. The van der Waals surface area contributed by atoms with Crippen LogP contribution in [0.2, 0.25) is 0 Å². The number of carboxylic acids is 4. The molecule has 0 aromatic carbocycles. The largest absolute Gasteiger partial charge is 0.481 e. The van der Waals surface area contributed by atoms with Crippen molar-refractivity contribution in [3.8, 4) is 0 Å². The van der Waals surface area contributed by atoms with Crippen molar-refractivity contribution < 1.29 is 127 Å². The molecule has 1 saturated heterocycles. The van der Waals surface area contributed by atoms with E-state index in [1.54, 1.807) is 62.3 Å². The smallest absolute Gasteiger partial charge is 0.326 e. The fourth-order valence-electron chi connectivity index (χ4n) is 12.4. The van der Waals surface area contributed by atoms with Gasteiger partial charge in [0.2, 0.25) is 88.6 Å². The molecule has 18 unspecified atom stereocenters. The number of nitrogens with zero attached hydrogens (tertiary/aromatic N) is 2. The summed E-state index contributed by atoms with van der Waals surface area (Å²) in [5, 5.41) is 103. The molecule has 18 atom stereocenters. The zero-order valence-corrected chi connectivity index (χ0v) is 71.5. The summed E-state index contributed by atoms with van der Waals surface area (Å²) < 4.78 is 0. The van der Waals surface area contributed by atoms with Crippen molar-refractivity contribution in [2.24, 2.45) is 57.5 Å². The summed E-state index contributed by atoms with van der Waals surface area (Å²) in [6.45, 7) is 15.8. The number of hydrogen-bond acceptors (Lipinski definition) is 25. The standard InChI is InChI=1S/C76H132N20O26/c1-13-39(9)58(93-61(107)41(11)83-73(119)60(42(12)99)95-69(115)51(35-98)90-70(116)52-21-18-30-96(52)74(120)57(38(7)8)92-53(100)33-82-62(108)43(78)22-25-54(101)102)71(117)86-45(20-17-29-81-76(79)80)63(109)85-46(23-26-55(103)104)65(111)94-59(40(10)14-2)72(118)91-50(34-97)68(114)89-49(32-37(5)6)67(113)88-48(31-36(3)4)66(112)84-44(19-15-16-28-77)64(110)87-47(75(121)122)24-27-56(105)106/h36-52,57-60,97-99H,13-35,77-78H2,1-12H3,(H,82,108)(H,83,119)(H,84,112)(H,85,109)(H,86,117)(H,87,110)(H,88,113)(H,89,114)(H,90,116)(H,91,118)(H,92,100)(H,93,107)(H,94,111)(H,95,115)(H,101,102)(H,103,104)(H,105,106)(H,121,122)(H4,79,80,81). The van der Waals surface area contributed by atoms with E-state index in [0.717, 1.165) is 11.8 Å². The molecule has 1 rings (SSSR count). The molecule has 0 aromatic rings. The van der Waals surface area contributed by atoms with Crippen molar-refractivity contribution in [2.75, 3.05) is 39.4 Å². The molecule has 46 heteroatoms. The van der Waals surface area contributed by atoms with E-state index in [1.165, 1.54) is 13.8 Å². The molecule has 0 saturated carbocycles. The second-order valence-electron chi connectivity index (χ2n) is 31.5. The zero-order valence-electron chi connectivity index (χ0n) is 71.5. The fourth-order valence-corrected chi connectivity index (χ4v) is 12.4. The molecule has 0 radical (unpaired) electrons. The lowest BCUT2D eigenvalue weighted by Gasteiger charge is -2.31. The Balaban J connectivity index is 3.53. The minimum absolute atomic E-state index is 0.0139. The predicted molar refractivity (Wildman–Crippen MR) is 436 cm³/mol. The number of guanidine groups is 1. The molecule has 15 amide bonds. The Hall–Kier alpha value is -11.0. The van der Waals surface area contributed by atoms with Gasteiger partial charge in [-0.15, -0.1) is 0 Å². The molecule has 1 aliphatic heterocycles. The summed E-state index contributed by atoms with van der Waals surface area (Å²) in [6.07, 6.45) is -4.05. The number of rotatable bonds is 59. The second-order valence-corrected chi connectivity index (χ2v) is 31.5. The molecule has 0 aliphatic carbocycles. The first-order chi connectivity index (χ1) is 57.1. The third-order valence-corrected chi connectivity index (χ3v) is 19.9. The van der Waals surface area contributed by atoms with Crippen LogP contribution < -0.4 is 97.4 Å². The van der Waals surface area contributed by atoms with Crippen LogP contribution in [0.4, 0.5) is 0 Å². The third-order valence-electron chi connectivity index (χ3n) is 19.9. The first kappa shape index (κ1) is 109. The summed E-state index contributed by atoms with van der Waals surface area (Å²) in [5.41, 5.74) is 22.5. The number of aliphatic imine (C=N–C) groups is 1. The second kappa shape index (κ2) is 55.8. The average molecular weight is 1740 g/mol. The number of likely N-dealkylation sites (tertiary alicyclic amines) is 1. The number of carbonyl (C=O) groups excluding carboxylic acids is 15. The highest BCUT2D eigenvalue weighted by atomic mass is 16.4. The lowest BCUT2D eigenvalue weighted by Crippen LogP contribution is -2.62. The summed E-state index contributed by atoms with van der Waals surface area (Å²) in [4.78, 5) is 260. The minimum Gasteiger partial charge on any atom is -0.481 e. The Morgan fingerprint density at radius 1 is 0.434 bits per heavy atom. The van der Waals surface area contributed by atoms with E-state index in [1.807, 2.05) is 0 Å². The van der Waals surface area contributed by atoms with E-state index in [4.69, 9.17) is 33.1 Å². The monoisotopic (exact) mass is 1740 g/mol. The number of aliphatic carboxylic acids is 4. The van der Waals surface area contributed by atoms with E-state index < -0.39 is 279 Å². The molecule has 0 spiro atoms. The van der Waals surface area contributed by atoms with Crippen LogP contribution in [0.15, 0.2) is 4.99 Å². The quantitative estimate of drug-likeness (QED) is 0.0153. The lowest BCUT2D eigenvalue weighted by atomic mass is 9.96. The number of hydrogen-bond donors (Lipinski definition) is 25. The Morgan fingerprint density at radius 2 is 0.828 bits per heavy atom. The minimum atomic E-state index is -1.90. The zero-order chi connectivity index (χ0) is 93.1. The van der Waals surface area contributed by atoms with Gasteiger partial charge in [-0.05, 0) is 127 Å². The van der Waals surface area contributed by atoms with Gasteiger partial charge in [-0.25, -0.2) is 4.79 Å². The van der Waals surface area contributed by atoms with Crippen LogP contribution >= 0.6 is 0 Å². The van der Waals surface area contributed by atoms with Crippen LogP contribution in [0.3, 0.4) is 0 Å². The molecule has 46 nitrogen and oxygen atoms in total. The van der Waals surface area contributed by atoms with Crippen LogP contribution in [0.25, 0.3) is 0 Å². The van der Waals surface area contributed by atoms with Gasteiger partial charge in [0.25, 0.3) is 0 Å². The van der Waals surface area contributed by atoms with Gasteiger partial charge >= 0.3 is 23.9 Å². The summed E-state index contributed by atoms with van der Waals surface area (Å²) in [7, 11) is 0. The first-order valence-corrected chi connectivity index (χ1v) is 40.9. The number of unbranched alkanes of at least 4 members (excludes halogenated alkanes) is 1. The molecule has 1 heterocycles. The van der Waals surface area contributed by atoms with E-state index in [2.05, 4.69) is 79.4 Å². The lowest BCUT2D eigenvalue weighted by molar-refractivity contribution is -0.144. The van der Waals surface area contributed by atoms with Crippen LogP contribution in [0.5, 0.6) is 0 Å². The first-order valence-electron chi connectivity index (χ1n) is 40.9. The maximum atomic E-state index is 14.6. The Bertz CT molecular complexity index is 3580. The Kier molecular flexibility index (Phi) is 49.9. The van der Waals surface area contributed by atoms with Crippen LogP contribution in [-0.2, 0) is 91.1 Å². The number of carbonyl (C=O) groups is 19. The predicted octanol–water partition coefficient (Wildman–Crippen LogP) is -7.19. The maximum Gasteiger partial charge on any atom is 0.326 e. The highest BCUT2D eigenvalue weighted by Gasteiger charge is 2.43. The van der Waals surface area contributed by atoms with Gasteiger partial charge in [0.05, 0.1) is 31.9 Å². The number of nitrogens with two attached hydrogens (primary N) is 4. The number of aliphatic hydroxyl groups is 3. The summed E-state index contributed by atoms with van der Waals surface area (Å²) in [6, 6.07) is -23.4. The van der Waals surface area contributed by atoms with Gasteiger partial charge in [0.1, 0.15) is 84.6 Å². The molecule has 0 aromatic heterocycles. The van der Waals surface area contributed by atoms with Crippen LogP contribution in [0, 0.1) is 29.6 Å². The van der Waals surface area contributed by atoms with Crippen molar-refractivity contribution in [2.45, 2.75) is 289 Å². The number of aliphatic hydroxyl groups excluding tert-OH is 3. The molecule has 29 N–H and O–H groups in total. The van der Waals surface area contributed by atoms with Crippen molar-refractivity contribution in [3.63, 3.8) is 0 Å². The maximum absolute atomic E-state index is 14.6. The number of amides is 15. The van der Waals surface area contributed by atoms with E-state index in [-0.39, 0.29) is 108 Å². The van der Waals surface area contributed by atoms with E-state index in [9.17, 15) is 117 Å². The summed E-state index contributed by atoms with van der Waals surface area (Å²) in [5.74, 6) is -23.6. The molecule has 122 heavy (non-hydrogen) atoms. The van der Waals surface area contributed by atoms with Crippen molar-refractivity contribution >= 4 is 118 Å². The van der Waals surface area contributed by atoms with Gasteiger partial charge in [-0.3, -0.25) is 91.3 Å². The van der Waals surface area contributed by atoms with Crippen molar-refractivity contribution in [1.82, 2.24) is 79.3 Å². The molecule has 692 valence electrons. The van der Waals surface area contributed by atoms with Gasteiger partial charge < -0.3 is 138 Å². The molecule has 1 fully saturated rings. The highest BCUT2D eigenvalue weighted by Crippen LogP contribution is 2.22. The van der Waals surface area contributed by atoms with Crippen molar-refractivity contribution in [1.29, 1.82) is 0 Å². The fraction of sp³-hybridized carbons (Fsp3) is 0.737. The van der Waals surface area contributed by atoms with Crippen LogP contribution in [0.1, 0.15) is 192 Å². The SMILES string of the molecule is CCC(C)C(NC(=O)C(C)NC(=O)C(NC(=O)C(CO)NC(=O)C1CCCN1C(=O)C(NC(=O)CNC(=O)C(N)CCC(=O)O)C(C)C)C(C)O)C(=O)NC(CCCN=C(N)N)C(=O)NC(CCC(=O)O)C(=O)NC(C(=O)NC(CO)C(=O)NC(CC(C)C)C(=O)NC(CC(C)C)C(=O)NC(CCCCN)C(=O)NC(CCC(=O)O)C(=O)O)C(C)CC. The van der Waals surface area contributed by atoms with Gasteiger partial charge in [-0.2, -0.15) is 0 Å². The Morgan fingerprint density at radius 3 is 1.28 bits per heavy atom. The van der Waals surface area contributed by atoms with E-state index in [0.29, 0.717) is 6.42 Å². The molecule has 0 bridgehead atoms. The van der Waals surface area contributed by atoms with Gasteiger partial charge in [0.15, 0.2) is 5.96 Å². The van der Waals surface area contributed by atoms with E-state index >= 15 is 0 Å². The normalized spacial score (nSPS) is 16.7. The van der Waals surface area contributed by atoms with Crippen molar-refractivity contribution in [3.05, 3.63) is 0 Å². The molecule has 1 aliphatic rings. The van der Waals surface area contributed by atoms with Crippen LogP contribution in [-0.4, -0.2) is 295 Å². The average Bonchev–Trinajstić information content (AvgIpc) is 1.66. The molecular weight excluding hydrogens is 1610 g/mol. The number of nitrogens with one attached hydrogen (secondary N) is 14. The van der Waals surface area contributed by atoms with Gasteiger partial charge in [-0.1, -0.05) is 82.1 Å². The topological polar surface area (TPSA) is 754 Å². The highest BCUT2D eigenvalue weighted by molar-refractivity contribution is 6.01. The Labute approximate surface area is 707 Å².